The average molecular weight is 477 g/mol. The highest BCUT2D eigenvalue weighted by atomic mass is 19.1. The number of benzene rings is 2. The molecule has 188 valence electrons. The van der Waals surface area contributed by atoms with Gasteiger partial charge in [0.2, 0.25) is 0 Å². The van der Waals surface area contributed by atoms with Crippen LogP contribution in [0.4, 0.5) is 19.3 Å². The molecule has 0 aromatic heterocycles. The molecule has 2 rings (SSSR count). The molecule has 7 heteroatoms. The molecule has 0 heterocycles. The molecule has 0 radical (unpaired) electrons. The molecular formula is C27H38F2N2O3. The zero-order valence-corrected chi connectivity index (χ0v) is 20.4. The molecule has 0 fully saturated rings. The third-order valence-electron chi connectivity index (χ3n) is 5.75. The lowest BCUT2D eigenvalue weighted by Crippen LogP contribution is -2.37. The number of carbonyl (C=O) groups is 1. The van der Waals surface area contributed by atoms with Gasteiger partial charge < -0.3 is 20.1 Å². The number of urea groups is 1. The maximum absolute atomic E-state index is 14.0. The lowest BCUT2D eigenvalue weighted by Gasteiger charge is -2.23. The average Bonchev–Trinajstić information content (AvgIpc) is 2.83. The molecular weight excluding hydrogens is 438 g/mol. The van der Waals surface area contributed by atoms with Gasteiger partial charge in [0, 0.05) is 32.2 Å². The fourth-order valence-corrected chi connectivity index (χ4v) is 3.79. The molecule has 0 aliphatic rings. The Bertz CT molecular complexity index is 861. The highest BCUT2D eigenvalue weighted by Gasteiger charge is 2.16. The predicted molar refractivity (Wildman–Crippen MR) is 132 cm³/mol. The van der Waals surface area contributed by atoms with Crippen LogP contribution in [0.1, 0.15) is 57.1 Å². The molecule has 34 heavy (non-hydrogen) atoms. The van der Waals surface area contributed by atoms with Gasteiger partial charge in [-0.25, -0.2) is 13.6 Å². The van der Waals surface area contributed by atoms with Crippen LogP contribution in [0.2, 0.25) is 0 Å². The van der Waals surface area contributed by atoms with Crippen molar-refractivity contribution < 1.29 is 23.4 Å². The Kier molecular flexibility index (Phi) is 12.6. The maximum atomic E-state index is 14.0. The predicted octanol–water partition coefficient (Wildman–Crippen LogP) is 5.95. The summed E-state index contributed by atoms with van der Waals surface area (Å²) in [6, 6.07) is 10.8. The van der Waals surface area contributed by atoms with Gasteiger partial charge in [-0.05, 0) is 43.0 Å². The second-order valence-corrected chi connectivity index (χ2v) is 8.49. The standard InChI is InChI=1S/C27H38F2N2O3/c1-3-5-6-7-8-16-31(27(33)30-26-14-13-23(28)19-25(26)29)17-15-21-9-11-22(12-10-21)18-24(20-32)34-4-2/h9-14,19,24,32H,3-8,15-18,20H2,1-2H3,(H,30,33). The first-order valence-electron chi connectivity index (χ1n) is 12.3. The Morgan fingerprint density at radius 2 is 1.71 bits per heavy atom. The quantitative estimate of drug-likeness (QED) is 0.312. The van der Waals surface area contributed by atoms with Crippen LogP contribution in [-0.2, 0) is 17.6 Å². The van der Waals surface area contributed by atoms with Crippen LogP contribution in [0.15, 0.2) is 42.5 Å². The maximum Gasteiger partial charge on any atom is 0.321 e. The Balaban J connectivity index is 1.97. The number of hydrogen-bond donors (Lipinski definition) is 2. The topological polar surface area (TPSA) is 61.8 Å². The van der Waals surface area contributed by atoms with Crippen LogP contribution < -0.4 is 5.32 Å². The van der Waals surface area contributed by atoms with Crippen molar-refractivity contribution in [3.8, 4) is 0 Å². The fourth-order valence-electron chi connectivity index (χ4n) is 3.79. The van der Waals surface area contributed by atoms with Crippen molar-refractivity contribution >= 4 is 11.7 Å². The van der Waals surface area contributed by atoms with E-state index in [0.29, 0.717) is 32.5 Å². The number of carbonyl (C=O) groups excluding carboxylic acids is 1. The third-order valence-corrected chi connectivity index (χ3v) is 5.75. The normalized spacial score (nSPS) is 11.9. The summed E-state index contributed by atoms with van der Waals surface area (Å²) in [4.78, 5) is 14.6. The van der Waals surface area contributed by atoms with Crippen molar-refractivity contribution in [3.63, 3.8) is 0 Å². The van der Waals surface area contributed by atoms with Crippen molar-refractivity contribution in [2.24, 2.45) is 0 Å². The van der Waals surface area contributed by atoms with E-state index in [2.05, 4.69) is 12.2 Å². The highest BCUT2D eigenvalue weighted by Crippen LogP contribution is 2.17. The number of nitrogens with zero attached hydrogens (tertiary/aromatic N) is 1. The minimum absolute atomic E-state index is 0.0213. The van der Waals surface area contributed by atoms with E-state index in [4.69, 9.17) is 4.74 Å². The van der Waals surface area contributed by atoms with Crippen molar-refractivity contribution in [2.75, 3.05) is 31.6 Å². The van der Waals surface area contributed by atoms with Gasteiger partial charge >= 0.3 is 6.03 Å². The largest absolute Gasteiger partial charge is 0.394 e. The number of nitrogens with one attached hydrogen (secondary N) is 1. The molecule has 0 bridgehead atoms. The first-order valence-corrected chi connectivity index (χ1v) is 12.3. The number of ether oxygens (including phenoxy) is 1. The molecule has 2 N–H and O–H groups in total. The second-order valence-electron chi connectivity index (χ2n) is 8.49. The second kappa shape index (κ2) is 15.4. The molecule has 5 nitrogen and oxygen atoms in total. The number of hydrogen-bond acceptors (Lipinski definition) is 3. The van der Waals surface area contributed by atoms with Gasteiger partial charge in [-0.1, -0.05) is 56.9 Å². The van der Waals surface area contributed by atoms with Crippen LogP contribution >= 0.6 is 0 Å². The van der Waals surface area contributed by atoms with Gasteiger partial charge in [0.15, 0.2) is 0 Å². The number of aliphatic hydroxyl groups excluding tert-OH is 1. The van der Waals surface area contributed by atoms with Gasteiger partial charge in [-0.3, -0.25) is 0 Å². The molecule has 0 saturated carbocycles. The minimum Gasteiger partial charge on any atom is -0.394 e. The first-order chi connectivity index (χ1) is 16.5. The summed E-state index contributed by atoms with van der Waals surface area (Å²) in [6.07, 6.45) is 6.42. The van der Waals surface area contributed by atoms with E-state index in [1.165, 1.54) is 12.5 Å². The van der Waals surface area contributed by atoms with E-state index in [1.807, 2.05) is 31.2 Å². The van der Waals surface area contributed by atoms with E-state index in [0.717, 1.165) is 48.9 Å². The molecule has 2 aromatic carbocycles. The molecule has 2 aromatic rings. The Labute approximate surface area is 202 Å². The third kappa shape index (κ3) is 9.77. The lowest BCUT2D eigenvalue weighted by molar-refractivity contribution is 0.0207. The van der Waals surface area contributed by atoms with E-state index >= 15 is 0 Å². The molecule has 0 aliphatic carbocycles. The summed E-state index contributed by atoms with van der Waals surface area (Å²) in [5.41, 5.74) is 2.13. The summed E-state index contributed by atoms with van der Waals surface area (Å²) in [5, 5.41) is 12.0. The summed E-state index contributed by atoms with van der Waals surface area (Å²) in [7, 11) is 0. The molecule has 2 amide bonds. The minimum atomic E-state index is -0.792. The van der Waals surface area contributed by atoms with Crippen LogP contribution in [0.5, 0.6) is 0 Å². The summed E-state index contributed by atoms with van der Waals surface area (Å²) in [5.74, 6) is -1.47. The summed E-state index contributed by atoms with van der Waals surface area (Å²) in [6.45, 7) is 5.65. The SMILES string of the molecule is CCCCCCCN(CCc1ccc(CC(CO)OCC)cc1)C(=O)Nc1ccc(F)cc1F. The van der Waals surface area contributed by atoms with Crippen LogP contribution in [0.25, 0.3) is 0 Å². The Morgan fingerprint density at radius 3 is 2.35 bits per heavy atom. The van der Waals surface area contributed by atoms with Gasteiger partial charge in [-0.15, -0.1) is 0 Å². The lowest BCUT2D eigenvalue weighted by atomic mass is 10.0. The highest BCUT2D eigenvalue weighted by molar-refractivity contribution is 5.89. The van der Waals surface area contributed by atoms with Gasteiger partial charge in [-0.2, -0.15) is 0 Å². The Morgan fingerprint density at radius 1 is 1.00 bits per heavy atom. The number of amides is 2. The van der Waals surface area contributed by atoms with Crippen molar-refractivity contribution in [3.05, 3.63) is 65.2 Å². The van der Waals surface area contributed by atoms with Crippen molar-refractivity contribution in [2.45, 2.75) is 64.9 Å². The van der Waals surface area contributed by atoms with E-state index < -0.39 is 11.6 Å². The zero-order chi connectivity index (χ0) is 24.8. The van der Waals surface area contributed by atoms with Crippen molar-refractivity contribution in [1.29, 1.82) is 0 Å². The smallest absolute Gasteiger partial charge is 0.321 e. The van der Waals surface area contributed by atoms with E-state index in [1.54, 1.807) is 4.90 Å². The molecule has 0 spiro atoms. The van der Waals surface area contributed by atoms with Crippen LogP contribution in [0.3, 0.4) is 0 Å². The summed E-state index contributed by atoms with van der Waals surface area (Å²) < 4.78 is 32.7. The first kappa shape index (κ1) is 27.7. The van der Waals surface area contributed by atoms with Gasteiger partial charge in [0.1, 0.15) is 11.6 Å². The molecule has 1 atom stereocenters. The van der Waals surface area contributed by atoms with Gasteiger partial charge in [0.05, 0.1) is 18.4 Å². The fraction of sp³-hybridized carbons (Fsp3) is 0.519. The van der Waals surface area contributed by atoms with E-state index in [-0.39, 0.29) is 24.4 Å². The summed E-state index contributed by atoms with van der Waals surface area (Å²) >= 11 is 0. The van der Waals surface area contributed by atoms with Gasteiger partial charge in [0.25, 0.3) is 0 Å². The Hall–Kier alpha value is -2.51. The van der Waals surface area contributed by atoms with E-state index in [9.17, 15) is 18.7 Å². The molecule has 1 unspecified atom stereocenters. The number of unbranched alkanes of at least 4 members (excludes halogenated alkanes) is 4. The van der Waals surface area contributed by atoms with Crippen molar-refractivity contribution in [1.82, 2.24) is 4.90 Å². The number of halogens is 2. The number of rotatable bonds is 15. The molecule has 0 saturated heterocycles. The van der Waals surface area contributed by atoms with Crippen LogP contribution in [-0.4, -0.2) is 48.4 Å². The monoisotopic (exact) mass is 476 g/mol. The number of anilines is 1. The zero-order valence-electron chi connectivity index (χ0n) is 20.4. The molecule has 0 aliphatic heterocycles. The number of aliphatic hydroxyl groups is 1. The van der Waals surface area contributed by atoms with Crippen LogP contribution in [0, 0.1) is 11.6 Å².